The summed E-state index contributed by atoms with van der Waals surface area (Å²) in [6, 6.07) is 4.46. The highest BCUT2D eigenvalue weighted by Gasteiger charge is 2.39. The lowest BCUT2D eigenvalue weighted by Crippen LogP contribution is -2.56. The Hall–Kier alpha value is -3.85. The van der Waals surface area contributed by atoms with Gasteiger partial charge in [0.05, 0.1) is 12.1 Å². The normalized spacial score (nSPS) is 18.8. The van der Waals surface area contributed by atoms with Gasteiger partial charge in [-0.05, 0) is 63.1 Å². The third-order valence-electron chi connectivity index (χ3n) is 6.54. The summed E-state index contributed by atoms with van der Waals surface area (Å²) in [4.78, 5) is 46.5. The van der Waals surface area contributed by atoms with Gasteiger partial charge in [0, 0.05) is 24.7 Å². The molecule has 1 amide bonds. The Balaban J connectivity index is 1.91. The molecule has 0 unspecified atom stereocenters. The molecular weight excluding hydrogens is 542 g/mol. The number of piperidine rings is 1. The van der Waals surface area contributed by atoms with E-state index < -0.39 is 45.0 Å². The Labute approximate surface area is 232 Å². The summed E-state index contributed by atoms with van der Waals surface area (Å²) in [6.07, 6.45) is 2.75. The SMILES string of the molecule is CCOC(=O)[C@H]1C[C@@H](C)CCN1C(=O)[C@H](CCCN=C(N)N[N+](=O)[O-])NS(=O)(=O)c1cccc2cc(C)cnc12. The molecule has 0 bridgehead atoms. The number of ether oxygens (including phenoxy) is 1. The topological polar surface area (TPSA) is 199 Å². The van der Waals surface area contributed by atoms with E-state index >= 15 is 0 Å². The van der Waals surface area contributed by atoms with Crippen LogP contribution in [-0.2, 0) is 24.3 Å². The Morgan fingerprint density at radius 2 is 2.12 bits per heavy atom. The van der Waals surface area contributed by atoms with Crippen molar-refractivity contribution in [1.82, 2.24) is 20.0 Å². The van der Waals surface area contributed by atoms with Crippen molar-refractivity contribution in [2.45, 2.75) is 63.4 Å². The van der Waals surface area contributed by atoms with Gasteiger partial charge in [0.15, 0.2) is 5.03 Å². The van der Waals surface area contributed by atoms with Crippen LogP contribution in [-0.4, -0.2) is 73.0 Å². The van der Waals surface area contributed by atoms with Crippen LogP contribution < -0.4 is 15.9 Å². The molecule has 14 nitrogen and oxygen atoms in total. The highest BCUT2D eigenvalue weighted by atomic mass is 32.2. The number of fused-ring (bicyclic) bond motifs is 1. The van der Waals surface area contributed by atoms with Crippen molar-refractivity contribution in [2.75, 3.05) is 19.7 Å². The smallest absolute Gasteiger partial charge is 0.328 e. The van der Waals surface area contributed by atoms with Crippen molar-refractivity contribution in [2.24, 2.45) is 16.6 Å². The predicted molar refractivity (Wildman–Crippen MR) is 147 cm³/mol. The van der Waals surface area contributed by atoms with E-state index in [2.05, 4.69) is 14.7 Å². The first-order valence-corrected chi connectivity index (χ1v) is 14.5. The van der Waals surface area contributed by atoms with Crippen LogP contribution in [0.2, 0.25) is 0 Å². The van der Waals surface area contributed by atoms with E-state index in [0.717, 1.165) is 5.56 Å². The number of rotatable bonds is 11. The molecule has 3 rings (SSSR count). The zero-order chi connectivity index (χ0) is 29.4. The van der Waals surface area contributed by atoms with Crippen molar-refractivity contribution in [3.63, 3.8) is 0 Å². The maximum absolute atomic E-state index is 13.8. The summed E-state index contributed by atoms with van der Waals surface area (Å²) < 4.78 is 35.0. The number of pyridine rings is 1. The van der Waals surface area contributed by atoms with Crippen molar-refractivity contribution in [1.29, 1.82) is 0 Å². The lowest BCUT2D eigenvalue weighted by atomic mass is 9.91. The lowest BCUT2D eigenvalue weighted by Gasteiger charge is -2.38. The molecule has 40 heavy (non-hydrogen) atoms. The number of carbonyl (C=O) groups excluding carboxylic acids is 2. The molecular formula is C25H35N7O7S. The fourth-order valence-electron chi connectivity index (χ4n) is 4.63. The number of carbonyl (C=O) groups is 2. The van der Waals surface area contributed by atoms with Gasteiger partial charge in [-0.2, -0.15) is 4.72 Å². The molecule has 218 valence electrons. The quantitative estimate of drug-likeness (QED) is 0.0872. The van der Waals surface area contributed by atoms with Crippen LogP contribution in [0, 0.1) is 23.0 Å². The number of para-hydroxylation sites is 1. The van der Waals surface area contributed by atoms with Crippen LogP contribution in [0.5, 0.6) is 0 Å². The number of likely N-dealkylation sites (tertiary alicyclic amines) is 1. The molecule has 4 N–H and O–H groups in total. The van der Waals surface area contributed by atoms with E-state index in [4.69, 9.17) is 10.5 Å². The highest BCUT2D eigenvalue weighted by Crippen LogP contribution is 2.26. The van der Waals surface area contributed by atoms with Gasteiger partial charge in [-0.25, -0.2) is 28.3 Å². The van der Waals surface area contributed by atoms with E-state index in [1.165, 1.54) is 11.0 Å². The third kappa shape index (κ3) is 7.85. The molecule has 15 heteroatoms. The number of hydrogen-bond acceptors (Lipinski definition) is 9. The number of benzene rings is 1. The number of guanidine groups is 1. The fourth-order valence-corrected chi connectivity index (χ4v) is 6.04. The summed E-state index contributed by atoms with van der Waals surface area (Å²) in [5.74, 6) is -1.36. The number of nitro groups is 1. The number of aromatic nitrogens is 1. The van der Waals surface area contributed by atoms with E-state index in [0.29, 0.717) is 18.2 Å². The number of nitrogens with zero attached hydrogens (tertiary/aromatic N) is 4. The van der Waals surface area contributed by atoms with E-state index in [-0.39, 0.29) is 48.9 Å². The Morgan fingerprint density at radius 1 is 1.38 bits per heavy atom. The average Bonchev–Trinajstić information content (AvgIpc) is 2.89. The Morgan fingerprint density at radius 3 is 2.83 bits per heavy atom. The van der Waals surface area contributed by atoms with Gasteiger partial charge < -0.3 is 15.4 Å². The second kappa shape index (κ2) is 13.5. The second-order valence-electron chi connectivity index (χ2n) is 9.72. The van der Waals surface area contributed by atoms with Crippen LogP contribution in [0.1, 0.15) is 45.1 Å². The van der Waals surface area contributed by atoms with Gasteiger partial charge in [-0.3, -0.25) is 9.78 Å². The molecule has 2 heterocycles. The lowest BCUT2D eigenvalue weighted by molar-refractivity contribution is -0.525. The van der Waals surface area contributed by atoms with Crippen molar-refractivity contribution < 1.29 is 27.8 Å². The number of hydrazine groups is 1. The molecule has 1 aliphatic rings. The molecule has 1 aromatic carbocycles. The number of aryl methyl sites for hydroxylation is 1. The number of nitrogens with two attached hydrogens (primary N) is 1. The number of hydrogen-bond donors (Lipinski definition) is 3. The molecule has 0 saturated carbocycles. The van der Waals surface area contributed by atoms with Gasteiger partial charge in [-0.15, -0.1) is 0 Å². The summed E-state index contributed by atoms with van der Waals surface area (Å²) >= 11 is 0. The number of sulfonamides is 1. The zero-order valence-electron chi connectivity index (χ0n) is 22.7. The minimum absolute atomic E-state index is 0.00773. The standard InChI is InChI=1S/C25H35N7O7S/c1-4-39-24(34)20-14-16(2)10-12-31(20)23(33)19(8-6-11-27-25(26)29-32(35)36)30-40(37,38)21-9-5-7-18-13-17(3)15-28-22(18)21/h5,7,9,13,15-16,19-20,30H,4,6,8,10-12,14H2,1-3H3,(H3,26,27,29)/t16-,19-,20+/m0/s1. The van der Waals surface area contributed by atoms with Crippen LogP contribution >= 0.6 is 0 Å². The fraction of sp³-hybridized carbons (Fsp3) is 0.520. The summed E-state index contributed by atoms with van der Waals surface area (Å²) in [6.45, 7) is 5.89. The van der Waals surface area contributed by atoms with E-state index in [1.54, 1.807) is 30.7 Å². The zero-order valence-corrected chi connectivity index (χ0v) is 23.5. The van der Waals surface area contributed by atoms with Crippen LogP contribution in [0.3, 0.4) is 0 Å². The first kappa shape index (κ1) is 30.7. The average molecular weight is 578 g/mol. The molecule has 0 radical (unpaired) electrons. The van der Waals surface area contributed by atoms with Gasteiger partial charge >= 0.3 is 5.97 Å². The van der Waals surface area contributed by atoms with Crippen molar-refractivity contribution in [3.05, 3.63) is 46.1 Å². The van der Waals surface area contributed by atoms with Crippen LogP contribution in [0.25, 0.3) is 10.9 Å². The molecule has 1 fully saturated rings. The number of nitrogens with one attached hydrogen (secondary N) is 2. The monoisotopic (exact) mass is 577 g/mol. The first-order chi connectivity index (χ1) is 18.9. The minimum atomic E-state index is -4.25. The first-order valence-electron chi connectivity index (χ1n) is 13.0. The summed E-state index contributed by atoms with van der Waals surface area (Å²) in [5.41, 5.74) is 8.30. The van der Waals surface area contributed by atoms with Crippen molar-refractivity contribution in [3.8, 4) is 0 Å². The largest absolute Gasteiger partial charge is 0.464 e. The van der Waals surface area contributed by atoms with E-state index in [1.807, 2.05) is 19.9 Å². The number of esters is 1. The maximum Gasteiger partial charge on any atom is 0.328 e. The number of amides is 1. The number of aliphatic imine (C=N–C) groups is 1. The molecule has 1 aliphatic heterocycles. The second-order valence-corrected chi connectivity index (χ2v) is 11.4. The van der Waals surface area contributed by atoms with Gasteiger partial charge in [0.1, 0.15) is 17.0 Å². The molecule has 1 aromatic heterocycles. The Bertz CT molecular complexity index is 1380. The minimum Gasteiger partial charge on any atom is -0.464 e. The summed E-state index contributed by atoms with van der Waals surface area (Å²) in [5, 5.41) is 10.3. The molecule has 1 saturated heterocycles. The van der Waals surface area contributed by atoms with E-state index in [9.17, 15) is 28.1 Å². The van der Waals surface area contributed by atoms with Gasteiger partial charge in [0.2, 0.25) is 15.9 Å². The van der Waals surface area contributed by atoms with Crippen LogP contribution in [0.15, 0.2) is 40.4 Å². The van der Waals surface area contributed by atoms with Crippen LogP contribution in [0.4, 0.5) is 0 Å². The Kier molecular flexibility index (Phi) is 10.3. The van der Waals surface area contributed by atoms with Crippen molar-refractivity contribution >= 4 is 38.8 Å². The molecule has 0 aliphatic carbocycles. The third-order valence-corrected chi connectivity index (χ3v) is 8.04. The highest BCUT2D eigenvalue weighted by molar-refractivity contribution is 7.89. The summed E-state index contributed by atoms with van der Waals surface area (Å²) in [7, 11) is -4.25. The molecule has 2 aromatic rings. The van der Waals surface area contributed by atoms with Gasteiger partial charge in [0.25, 0.3) is 5.96 Å². The molecule has 3 atom stereocenters. The van der Waals surface area contributed by atoms with Gasteiger partial charge in [-0.1, -0.05) is 24.5 Å². The maximum atomic E-state index is 13.8. The molecule has 0 spiro atoms. The predicted octanol–water partition coefficient (Wildman–Crippen LogP) is 1.26.